The molecule has 0 atom stereocenters. The number of allylic oxidation sites excluding steroid dienone is 2. The molecule has 2 aliphatic carbocycles. The largest absolute Gasteiger partial charge is 0.313 e. The maximum absolute atomic E-state index is 12.8. The molecule has 4 rings (SSSR count). The molecule has 2 aromatic rings. The van der Waals surface area contributed by atoms with Gasteiger partial charge in [-0.05, 0) is 50.0 Å². The summed E-state index contributed by atoms with van der Waals surface area (Å²) in [7, 11) is 0. The lowest BCUT2D eigenvalue weighted by molar-refractivity contribution is -0.127. The predicted octanol–water partition coefficient (Wildman–Crippen LogP) is 4.23. The number of thiophene rings is 1. The Balaban J connectivity index is 1.48. The molecule has 2 heterocycles. The Kier molecular flexibility index (Phi) is 4.35. The molecule has 0 aliphatic heterocycles. The Labute approximate surface area is 144 Å². The molecular formula is C17H19N3OS2. The molecule has 0 unspecified atom stereocenters. The average molecular weight is 345 g/mol. The van der Waals surface area contributed by atoms with Crippen molar-refractivity contribution < 1.29 is 4.79 Å². The van der Waals surface area contributed by atoms with Gasteiger partial charge in [-0.2, -0.15) is 0 Å². The zero-order valence-corrected chi connectivity index (χ0v) is 14.5. The summed E-state index contributed by atoms with van der Waals surface area (Å²) in [5.74, 6) is 0.687. The van der Waals surface area contributed by atoms with Crippen LogP contribution in [0.5, 0.6) is 0 Å². The second-order valence-electron chi connectivity index (χ2n) is 6.04. The van der Waals surface area contributed by atoms with E-state index in [4.69, 9.17) is 0 Å². The first kappa shape index (κ1) is 15.1. The van der Waals surface area contributed by atoms with Crippen LogP contribution in [0.15, 0.2) is 34.6 Å². The fourth-order valence-corrected chi connectivity index (χ4v) is 4.85. The Bertz CT molecular complexity index is 751. The summed E-state index contributed by atoms with van der Waals surface area (Å²) in [6.45, 7) is 0. The lowest BCUT2D eigenvalue weighted by Gasteiger charge is -2.27. The summed E-state index contributed by atoms with van der Waals surface area (Å²) in [5, 5.41) is 2.95. The maximum atomic E-state index is 12.8. The van der Waals surface area contributed by atoms with E-state index in [1.165, 1.54) is 18.5 Å². The van der Waals surface area contributed by atoms with Crippen LogP contribution in [0.2, 0.25) is 0 Å². The molecular weight excluding hydrogens is 326 g/mol. The monoisotopic (exact) mass is 345 g/mol. The van der Waals surface area contributed by atoms with Crippen LogP contribution in [0.25, 0.3) is 10.2 Å². The highest BCUT2D eigenvalue weighted by Gasteiger charge is 2.34. The van der Waals surface area contributed by atoms with Crippen molar-refractivity contribution >= 4 is 39.2 Å². The molecule has 6 heteroatoms. The summed E-state index contributed by atoms with van der Waals surface area (Å²) in [6.07, 6.45) is 10.8. The van der Waals surface area contributed by atoms with Gasteiger partial charge in [-0.25, -0.2) is 9.97 Å². The zero-order chi connectivity index (χ0) is 15.6. The molecule has 1 amide bonds. The van der Waals surface area contributed by atoms with Crippen LogP contribution in [-0.2, 0) is 4.79 Å². The van der Waals surface area contributed by atoms with Gasteiger partial charge < -0.3 is 4.90 Å². The summed E-state index contributed by atoms with van der Waals surface area (Å²) in [6, 6.07) is 2.44. The Morgan fingerprint density at radius 2 is 2.26 bits per heavy atom. The van der Waals surface area contributed by atoms with Crippen LogP contribution in [0.1, 0.15) is 38.5 Å². The number of rotatable bonds is 5. The molecule has 0 radical (unpaired) electrons. The summed E-state index contributed by atoms with van der Waals surface area (Å²) >= 11 is 3.18. The van der Waals surface area contributed by atoms with Crippen molar-refractivity contribution in [3.8, 4) is 0 Å². The van der Waals surface area contributed by atoms with E-state index in [1.54, 1.807) is 29.4 Å². The highest BCUT2D eigenvalue weighted by atomic mass is 32.2. The van der Waals surface area contributed by atoms with Crippen molar-refractivity contribution in [3.05, 3.63) is 29.5 Å². The van der Waals surface area contributed by atoms with Gasteiger partial charge in [-0.1, -0.05) is 17.8 Å². The average Bonchev–Trinajstić information content (AvgIpc) is 3.29. The SMILES string of the molecule is O=C(CSc1ncnc2ccsc12)N(C1=CCCCC1)C1CC1. The molecule has 120 valence electrons. The van der Waals surface area contributed by atoms with Gasteiger partial charge in [0.15, 0.2) is 0 Å². The van der Waals surface area contributed by atoms with E-state index in [9.17, 15) is 4.79 Å². The third-order valence-electron chi connectivity index (χ3n) is 4.30. The van der Waals surface area contributed by atoms with Crippen LogP contribution >= 0.6 is 23.1 Å². The second kappa shape index (κ2) is 6.61. The number of carbonyl (C=O) groups is 1. The van der Waals surface area contributed by atoms with Gasteiger partial charge in [0.1, 0.15) is 11.4 Å². The fourth-order valence-electron chi connectivity index (χ4n) is 3.04. The normalized spacial score (nSPS) is 18.0. The number of amides is 1. The molecule has 1 saturated carbocycles. The lowest BCUT2D eigenvalue weighted by atomic mass is 10.0. The Morgan fingerprint density at radius 3 is 3.04 bits per heavy atom. The molecule has 0 aromatic carbocycles. The highest BCUT2D eigenvalue weighted by molar-refractivity contribution is 8.00. The summed E-state index contributed by atoms with van der Waals surface area (Å²) < 4.78 is 1.08. The molecule has 0 N–H and O–H groups in total. The number of nitrogens with zero attached hydrogens (tertiary/aromatic N) is 3. The second-order valence-corrected chi connectivity index (χ2v) is 7.92. The van der Waals surface area contributed by atoms with Crippen LogP contribution in [-0.4, -0.2) is 32.6 Å². The number of aromatic nitrogens is 2. The van der Waals surface area contributed by atoms with Gasteiger partial charge in [0, 0.05) is 11.7 Å². The lowest BCUT2D eigenvalue weighted by Crippen LogP contribution is -2.34. The minimum atomic E-state index is 0.231. The minimum Gasteiger partial charge on any atom is -0.313 e. The van der Waals surface area contributed by atoms with Gasteiger partial charge in [0.05, 0.1) is 16.0 Å². The topological polar surface area (TPSA) is 46.1 Å². The Morgan fingerprint density at radius 1 is 1.35 bits per heavy atom. The van der Waals surface area contributed by atoms with Crippen molar-refractivity contribution in [1.29, 1.82) is 0 Å². The smallest absolute Gasteiger partial charge is 0.237 e. The molecule has 23 heavy (non-hydrogen) atoms. The van der Waals surface area contributed by atoms with Crippen LogP contribution in [0.4, 0.5) is 0 Å². The molecule has 2 aliphatic rings. The Hall–Kier alpha value is -1.40. The van der Waals surface area contributed by atoms with Crippen molar-refractivity contribution in [2.75, 3.05) is 5.75 Å². The number of carbonyl (C=O) groups excluding carboxylic acids is 1. The molecule has 4 nitrogen and oxygen atoms in total. The third kappa shape index (κ3) is 3.28. The van der Waals surface area contributed by atoms with Crippen LogP contribution in [0, 0.1) is 0 Å². The zero-order valence-electron chi connectivity index (χ0n) is 12.9. The van der Waals surface area contributed by atoms with Gasteiger partial charge in [0.25, 0.3) is 0 Å². The van der Waals surface area contributed by atoms with Gasteiger partial charge in [-0.15, -0.1) is 11.3 Å². The van der Waals surface area contributed by atoms with E-state index in [0.717, 1.165) is 40.9 Å². The first-order valence-corrected chi connectivity index (χ1v) is 10.0. The predicted molar refractivity (Wildman–Crippen MR) is 94.6 cm³/mol. The van der Waals surface area contributed by atoms with Gasteiger partial charge in [0.2, 0.25) is 5.91 Å². The van der Waals surface area contributed by atoms with Gasteiger partial charge in [-0.3, -0.25) is 4.79 Å². The molecule has 0 spiro atoms. The summed E-state index contributed by atoms with van der Waals surface area (Å²) in [4.78, 5) is 23.5. The molecule has 0 saturated heterocycles. The maximum Gasteiger partial charge on any atom is 0.237 e. The molecule has 2 aromatic heterocycles. The van der Waals surface area contributed by atoms with E-state index in [0.29, 0.717) is 11.8 Å². The van der Waals surface area contributed by atoms with Crippen molar-refractivity contribution in [2.45, 2.75) is 49.6 Å². The summed E-state index contributed by atoms with van der Waals surface area (Å²) in [5.41, 5.74) is 2.22. The van der Waals surface area contributed by atoms with Crippen molar-refractivity contribution in [1.82, 2.24) is 14.9 Å². The minimum absolute atomic E-state index is 0.231. The standard InChI is InChI=1S/C17H19N3OS2/c21-15(20(13-6-7-13)12-4-2-1-3-5-12)10-23-17-16-14(8-9-22-16)18-11-19-17/h4,8-9,11,13H,1-3,5-7,10H2. The van der Waals surface area contributed by atoms with E-state index in [2.05, 4.69) is 20.9 Å². The molecule has 1 fully saturated rings. The van der Waals surface area contributed by atoms with E-state index in [1.807, 2.05) is 11.4 Å². The quantitative estimate of drug-likeness (QED) is 0.601. The molecule has 0 bridgehead atoms. The van der Waals surface area contributed by atoms with Crippen molar-refractivity contribution in [3.63, 3.8) is 0 Å². The van der Waals surface area contributed by atoms with Crippen LogP contribution in [0.3, 0.4) is 0 Å². The third-order valence-corrected chi connectivity index (χ3v) is 6.31. The fraction of sp³-hybridized carbons (Fsp3) is 0.471. The number of hydrogen-bond donors (Lipinski definition) is 0. The number of thioether (sulfide) groups is 1. The van der Waals surface area contributed by atoms with Gasteiger partial charge >= 0.3 is 0 Å². The first-order valence-electron chi connectivity index (χ1n) is 8.15. The van der Waals surface area contributed by atoms with Crippen molar-refractivity contribution in [2.24, 2.45) is 0 Å². The number of fused-ring (bicyclic) bond motifs is 1. The van der Waals surface area contributed by atoms with E-state index in [-0.39, 0.29) is 5.91 Å². The van der Waals surface area contributed by atoms with E-state index < -0.39 is 0 Å². The highest BCUT2D eigenvalue weighted by Crippen LogP contribution is 2.35. The number of hydrogen-bond acceptors (Lipinski definition) is 5. The first-order chi connectivity index (χ1) is 11.3. The van der Waals surface area contributed by atoms with E-state index >= 15 is 0 Å². The van der Waals surface area contributed by atoms with Crippen LogP contribution < -0.4 is 0 Å².